The molecular formula is C20H26N2O3S. The van der Waals surface area contributed by atoms with Crippen LogP contribution in [0.3, 0.4) is 0 Å². The minimum atomic E-state index is -0.496. The van der Waals surface area contributed by atoms with Gasteiger partial charge in [-0.1, -0.05) is 12.1 Å². The fourth-order valence-corrected chi connectivity index (χ4v) is 4.11. The molecule has 0 spiro atoms. The van der Waals surface area contributed by atoms with Crippen molar-refractivity contribution in [2.45, 2.75) is 51.7 Å². The zero-order chi connectivity index (χ0) is 18.7. The summed E-state index contributed by atoms with van der Waals surface area (Å²) in [4.78, 5) is 19.3. The molecule has 6 heteroatoms. The highest BCUT2D eigenvalue weighted by atomic mass is 32.1. The number of nitrogens with zero attached hydrogens (tertiary/aromatic N) is 2. The molecule has 1 atom stereocenters. The fourth-order valence-electron chi connectivity index (χ4n) is 3.15. The third-order valence-electron chi connectivity index (χ3n) is 4.32. The quantitative estimate of drug-likeness (QED) is 0.733. The highest BCUT2D eigenvalue weighted by Crippen LogP contribution is 2.37. The van der Waals surface area contributed by atoms with Crippen LogP contribution in [0.2, 0.25) is 0 Å². The van der Waals surface area contributed by atoms with E-state index >= 15 is 0 Å². The summed E-state index contributed by atoms with van der Waals surface area (Å²) in [7, 11) is 1.66. The molecule has 0 saturated carbocycles. The van der Waals surface area contributed by atoms with E-state index in [0.717, 1.165) is 41.3 Å². The number of aromatic nitrogens is 1. The van der Waals surface area contributed by atoms with E-state index in [1.54, 1.807) is 18.4 Å². The molecule has 26 heavy (non-hydrogen) atoms. The Morgan fingerprint density at radius 2 is 2.04 bits per heavy atom. The van der Waals surface area contributed by atoms with E-state index in [2.05, 4.69) is 0 Å². The first-order chi connectivity index (χ1) is 12.4. The summed E-state index contributed by atoms with van der Waals surface area (Å²) < 4.78 is 11.0. The number of methoxy groups -OCH3 is 1. The van der Waals surface area contributed by atoms with Crippen molar-refractivity contribution in [1.29, 1.82) is 0 Å². The first-order valence-electron chi connectivity index (χ1n) is 8.97. The van der Waals surface area contributed by atoms with Crippen LogP contribution in [0.15, 0.2) is 29.6 Å². The van der Waals surface area contributed by atoms with Crippen LogP contribution >= 0.6 is 11.3 Å². The van der Waals surface area contributed by atoms with Gasteiger partial charge < -0.3 is 9.47 Å². The summed E-state index contributed by atoms with van der Waals surface area (Å²) >= 11 is 1.59. The van der Waals surface area contributed by atoms with Crippen molar-refractivity contribution in [2.24, 2.45) is 0 Å². The molecule has 1 aromatic carbocycles. The Hall–Kier alpha value is -2.08. The summed E-state index contributed by atoms with van der Waals surface area (Å²) in [5.74, 6) is 0.803. The standard InChI is InChI=1S/C20H26N2O3S/c1-20(2,3)25-19(23)22-12-8-7-10-16(22)18-21-15(13-26-18)14-9-5-6-11-17(14)24-4/h5-6,9,11,13,16H,7-8,10,12H2,1-4H3. The number of amides is 1. The van der Waals surface area contributed by atoms with Crippen LogP contribution in [0.5, 0.6) is 5.75 Å². The van der Waals surface area contributed by atoms with Crippen LogP contribution in [0.1, 0.15) is 51.1 Å². The largest absolute Gasteiger partial charge is 0.496 e. The zero-order valence-corrected chi connectivity index (χ0v) is 16.6. The van der Waals surface area contributed by atoms with Gasteiger partial charge in [-0.25, -0.2) is 9.78 Å². The number of rotatable bonds is 3. The molecule has 140 valence electrons. The number of likely N-dealkylation sites (tertiary alicyclic amines) is 1. The maximum absolute atomic E-state index is 12.6. The van der Waals surface area contributed by atoms with Crippen molar-refractivity contribution in [1.82, 2.24) is 9.88 Å². The third-order valence-corrected chi connectivity index (χ3v) is 5.27. The summed E-state index contributed by atoms with van der Waals surface area (Å²) in [6.45, 7) is 6.40. The minimum Gasteiger partial charge on any atom is -0.496 e. The predicted molar refractivity (Wildman–Crippen MR) is 104 cm³/mol. The second kappa shape index (κ2) is 7.66. The molecule has 5 nitrogen and oxygen atoms in total. The summed E-state index contributed by atoms with van der Waals surface area (Å²) in [5, 5.41) is 2.99. The molecule has 1 aromatic heterocycles. The van der Waals surface area contributed by atoms with E-state index in [4.69, 9.17) is 14.5 Å². The molecule has 1 saturated heterocycles. The van der Waals surface area contributed by atoms with Crippen molar-refractivity contribution in [3.8, 4) is 17.0 Å². The smallest absolute Gasteiger partial charge is 0.410 e. The average molecular weight is 375 g/mol. The number of carbonyl (C=O) groups is 1. The molecule has 2 heterocycles. The van der Waals surface area contributed by atoms with Gasteiger partial charge in [0.15, 0.2) is 0 Å². The number of hydrogen-bond acceptors (Lipinski definition) is 5. The Kier molecular flexibility index (Phi) is 5.51. The average Bonchev–Trinajstić information content (AvgIpc) is 3.10. The van der Waals surface area contributed by atoms with Gasteiger partial charge in [0.2, 0.25) is 0 Å². The van der Waals surface area contributed by atoms with Gasteiger partial charge in [0.1, 0.15) is 16.4 Å². The second-order valence-electron chi connectivity index (χ2n) is 7.46. The molecule has 1 aliphatic heterocycles. The third kappa shape index (κ3) is 4.18. The van der Waals surface area contributed by atoms with E-state index in [1.807, 2.05) is 55.3 Å². The highest BCUT2D eigenvalue weighted by Gasteiger charge is 2.33. The predicted octanol–water partition coefficient (Wildman–Crippen LogP) is 5.28. The minimum absolute atomic E-state index is 0.0212. The first kappa shape index (κ1) is 18.7. The number of piperidine rings is 1. The summed E-state index contributed by atoms with van der Waals surface area (Å²) in [5.41, 5.74) is 1.36. The van der Waals surface area contributed by atoms with Gasteiger partial charge in [-0.3, -0.25) is 4.90 Å². The lowest BCUT2D eigenvalue weighted by Crippen LogP contribution is -2.41. The van der Waals surface area contributed by atoms with Gasteiger partial charge in [-0.05, 0) is 52.2 Å². The summed E-state index contributed by atoms with van der Waals surface area (Å²) in [6.07, 6.45) is 2.75. The molecule has 1 fully saturated rings. The van der Waals surface area contributed by atoms with Crippen molar-refractivity contribution >= 4 is 17.4 Å². The van der Waals surface area contributed by atoms with E-state index in [9.17, 15) is 4.79 Å². The van der Waals surface area contributed by atoms with E-state index in [-0.39, 0.29) is 12.1 Å². The van der Waals surface area contributed by atoms with Crippen LogP contribution in [0, 0.1) is 0 Å². The van der Waals surface area contributed by atoms with Crippen LogP contribution in [0.4, 0.5) is 4.79 Å². The van der Waals surface area contributed by atoms with E-state index < -0.39 is 5.60 Å². The lowest BCUT2D eigenvalue weighted by Gasteiger charge is -2.35. The van der Waals surface area contributed by atoms with Crippen molar-refractivity contribution < 1.29 is 14.3 Å². The Bertz CT molecular complexity index is 766. The van der Waals surface area contributed by atoms with Crippen molar-refractivity contribution in [3.05, 3.63) is 34.7 Å². The van der Waals surface area contributed by atoms with Crippen LogP contribution in [-0.2, 0) is 4.74 Å². The molecule has 0 aliphatic carbocycles. The number of benzene rings is 1. The molecule has 0 N–H and O–H groups in total. The maximum atomic E-state index is 12.6. The van der Waals surface area contributed by atoms with Gasteiger partial charge >= 0.3 is 6.09 Å². The second-order valence-corrected chi connectivity index (χ2v) is 8.35. The molecule has 1 aliphatic rings. The zero-order valence-electron chi connectivity index (χ0n) is 15.8. The van der Waals surface area contributed by atoms with Crippen molar-refractivity contribution in [2.75, 3.05) is 13.7 Å². The lowest BCUT2D eigenvalue weighted by atomic mass is 10.0. The molecule has 0 radical (unpaired) electrons. The number of carbonyl (C=O) groups excluding carboxylic acids is 1. The molecular weight excluding hydrogens is 348 g/mol. The SMILES string of the molecule is COc1ccccc1-c1csc(C2CCCCN2C(=O)OC(C)(C)C)n1. The number of para-hydroxylation sites is 1. The number of hydrogen-bond donors (Lipinski definition) is 0. The monoisotopic (exact) mass is 374 g/mol. The number of ether oxygens (including phenoxy) is 2. The Morgan fingerprint density at radius 1 is 1.27 bits per heavy atom. The van der Waals surface area contributed by atoms with Crippen LogP contribution in [0.25, 0.3) is 11.3 Å². The van der Waals surface area contributed by atoms with Gasteiger partial charge in [0, 0.05) is 17.5 Å². The van der Waals surface area contributed by atoms with Gasteiger partial charge in [-0.2, -0.15) is 0 Å². The maximum Gasteiger partial charge on any atom is 0.410 e. The van der Waals surface area contributed by atoms with Crippen LogP contribution in [-0.4, -0.2) is 35.2 Å². The van der Waals surface area contributed by atoms with Crippen LogP contribution < -0.4 is 4.74 Å². The first-order valence-corrected chi connectivity index (χ1v) is 9.85. The molecule has 1 amide bonds. The van der Waals surface area contributed by atoms with Crippen molar-refractivity contribution in [3.63, 3.8) is 0 Å². The lowest BCUT2D eigenvalue weighted by molar-refractivity contribution is 0.00949. The Morgan fingerprint density at radius 3 is 2.77 bits per heavy atom. The van der Waals surface area contributed by atoms with E-state index in [0.29, 0.717) is 6.54 Å². The van der Waals surface area contributed by atoms with Gasteiger partial charge in [0.05, 0.1) is 18.8 Å². The Labute approximate surface area is 159 Å². The van der Waals surface area contributed by atoms with Gasteiger partial charge in [-0.15, -0.1) is 11.3 Å². The summed E-state index contributed by atoms with van der Waals surface area (Å²) in [6, 6.07) is 7.84. The fraction of sp³-hybridized carbons (Fsp3) is 0.500. The number of thiazole rings is 1. The molecule has 2 aromatic rings. The topological polar surface area (TPSA) is 51.7 Å². The molecule has 0 bridgehead atoms. The normalized spacial score (nSPS) is 17.8. The van der Waals surface area contributed by atoms with Gasteiger partial charge in [0.25, 0.3) is 0 Å². The molecule has 1 unspecified atom stereocenters. The van der Waals surface area contributed by atoms with E-state index in [1.165, 1.54) is 0 Å². The molecule has 3 rings (SSSR count). The Balaban J connectivity index is 1.85. The highest BCUT2D eigenvalue weighted by molar-refractivity contribution is 7.10.